The van der Waals surface area contributed by atoms with Gasteiger partial charge >= 0.3 is 0 Å². The Morgan fingerprint density at radius 2 is 1.84 bits per heavy atom. The molecule has 0 saturated heterocycles. The van der Waals surface area contributed by atoms with Crippen LogP contribution < -0.4 is 4.74 Å². The quantitative estimate of drug-likeness (QED) is 0.706. The van der Waals surface area contributed by atoms with E-state index in [4.69, 9.17) is 4.74 Å². The first-order valence-corrected chi connectivity index (χ1v) is 6.55. The summed E-state index contributed by atoms with van der Waals surface area (Å²) in [5.74, 6) is 0.823. The summed E-state index contributed by atoms with van der Waals surface area (Å²) in [7, 11) is 0. The Kier molecular flexibility index (Phi) is 3.19. The van der Waals surface area contributed by atoms with E-state index in [2.05, 4.69) is 24.0 Å². The summed E-state index contributed by atoms with van der Waals surface area (Å²) in [4.78, 5) is 4.67. The molecule has 3 heteroatoms. The molecule has 0 aliphatic heterocycles. The first-order valence-electron chi connectivity index (χ1n) is 6.55. The van der Waals surface area contributed by atoms with Crippen LogP contribution in [0.15, 0.2) is 54.7 Å². The van der Waals surface area contributed by atoms with Gasteiger partial charge in [0.05, 0.1) is 6.61 Å². The predicted molar refractivity (Wildman–Crippen MR) is 76.4 cm³/mol. The number of aromatic nitrogens is 2. The summed E-state index contributed by atoms with van der Waals surface area (Å²) in [6, 6.07) is 16.1. The van der Waals surface area contributed by atoms with E-state index >= 15 is 0 Å². The number of nitrogens with zero attached hydrogens (tertiary/aromatic N) is 2. The van der Waals surface area contributed by atoms with Crippen LogP contribution in [-0.4, -0.2) is 16.0 Å². The van der Waals surface area contributed by atoms with Crippen LogP contribution in [0.3, 0.4) is 0 Å². The number of benzene rings is 1. The minimum Gasteiger partial charge on any atom is -0.477 e. The van der Waals surface area contributed by atoms with Gasteiger partial charge in [0.25, 0.3) is 0 Å². The van der Waals surface area contributed by atoms with E-state index in [1.807, 2.05) is 47.0 Å². The lowest BCUT2D eigenvalue weighted by atomic mass is 10.2. The van der Waals surface area contributed by atoms with Crippen LogP contribution in [0, 0.1) is 0 Å². The Hall–Kier alpha value is -2.29. The third-order valence-corrected chi connectivity index (χ3v) is 2.98. The Morgan fingerprint density at radius 1 is 1.05 bits per heavy atom. The molecule has 0 aliphatic carbocycles. The lowest BCUT2D eigenvalue weighted by molar-refractivity contribution is 0.304. The molecule has 0 N–H and O–H groups in total. The van der Waals surface area contributed by atoms with Crippen LogP contribution in [0.1, 0.15) is 13.3 Å². The second kappa shape index (κ2) is 5.14. The number of pyridine rings is 1. The molecule has 0 unspecified atom stereocenters. The highest BCUT2D eigenvalue weighted by Crippen LogP contribution is 2.30. The molecule has 0 aliphatic rings. The van der Waals surface area contributed by atoms with Crippen molar-refractivity contribution < 1.29 is 4.74 Å². The average molecular weight is 252 g/mol. The van der Waals surface area contributed by atoms with Gasteiger partial charge in [-0.05, 0) is 18.6 Å². The second-order valence-electron chi connectivity index (χ2n) is 4.41. The zero-order valence-electron chi connectivity index (χ0n) is 10.9. The average Bonchev–Trinajstić information content (AvgIpc) is 2.85. The number of fused-ring (bicyclic) bond motifs is 1. The molecule has 0 atom stereocenters. The Balaban J connectivity index is 2.17. The lowest BCUT2D eigenvalue weighted by Gasteiger charge is -2.06. The first-order chi connectivity index (χ1) is 9.40. The first kappa shape index (κ1) is 11.8. The zero-order valence-corrected chi connectivity index (χ0v) is 10.9. The largest absolute Gasteiger partial charge is 0.477 e. The van der Waals surface area contributed by atoms with Gasteiger partial charge in [-0.2, -0.15) is 0 Å². The van der Waals surface area contributed by atoms with Crippen molar-refractivity contribution in [1.82, 2.24) is 9.38 Å². The van der Waals surface area contributed by atoms with Gasteiger partial charge < -0.3 is 4.74 Å². The monoisotopic (exact) mass is 252 g/mol. The fourth-order valence-corrected chi connectivity index (χ4v) is 2.09. The van der Waals surface area contributed by atoms with E-state index in [0.29, 0.717) is 6.61 Å². The summed E-state index contributed by atoms with van der Waals surface area (Å²) in [6.45, 7) is 2.80. The zero-order chi connectivity index (χ0) is 13.1. The highest BCUT2D eigenvalue weighted by Gasteiger charge is 2.14. The van der Waals surface area contributed by atoms with Crippen molar-refractivity contribution >= 4 is 5.65 Å². The molecule has 3 aromatic rings. The number of imidazole rings is 1. The fraction of sp³-hybridized carbons (Fsp3) is 0.188. The molecule has 0 bridgehead atoms. The maximum Gasteiger partial charge on any atom is 0.226 e. The lowest BCUT2D eigenvalue weighted by Crippen LogP contribution is -1.99. The Bertz CT molecular complexity index is 674. The number of hydrogen-bond acceptors (Lipinski definition) is 2. The molecule has 3 nitrogen and oxygen atoms in total. The van der Waals surface area contributed by atoms with E-state index in [1.165, 1.54) is 0 Å². The summed E-state index contributed by atoms with van der Waals surface area (Å²) in [6.07, 6.45) is 2.97. The van der Waals surface area contributed by atoms with Crippen molar-refractivity contribution in [2.45, 2.75) is 13.3 Å². The van der Waals surface area contributed by atoms with E-state index in [0.717, 1.165) is 29.2 Å². The second-order valence-corrected chi connectivity index (χ2v) is 4.41. The van der Waals surface area contributed by atoms with E-state index in [-0.39, 0.29) is 0 Å². The van der Waals surface area contributed by atoms with Gasteiger partial charge in [-0.3, -0.25) is 4.40 Å². The third kappa shape index (κ3) is 2.19. The van der Waals surface area contributed by atoms with Crippen LogP contribution in [-0.2, 0) is 0 Å². The minimum atomic E-state index is 0.697. The normalized spacial score (nSPS) is 10.8. The van der Waals surface area contributed by atoms with E-state index in [1.54, 1.807) is 0 Å². The van der Waals surface area contributed by atoms with Crippen molar-refractivity contribution in [1.29, 1.82) is 0 Å². The van der Waals surface area contributed by atoms with Crippen molar-refractivity contribution in [3.8, 4) is 17.1 Å². The summed E-state index contributed by atoms with van der Waals surface area (Å²) in [5.41, 5.74) is 2.89. The standard InChI is InChI=1S/C16H16N2O/c1-2-12-19-16-15(13-8-4-3-5-9-13)17-14-10-6-7-11-18(14)16/h3-11H,2,12H2,1H3. The van der Waals surface area contributed by atoms with E-state index in [9.17, 15) is 0 Å². The molecule has 0 fully saturated rings. The molecule has 0 saturated carbocycles. The van der Waals surface area contributed by atoms with Gasteiger partial charge in [0.15, 0.2) is 0 Å². The summed E-state index contributed by atoms with van der Waals surface area (Å²) >= 11 is 0. The molecule has 0 amide bonds. The third-order valence-electron chi connectivity index (χ3n) is 2.98. The van der Waals surface area contributed by atoms with Crippen LogP contribution in [0.5, 0.6) is 5.88 Å². The van der Waals surface area contributed by atoms with E-state index < -0.39 is 0 Å². The Morgan fingerprint density at radius 3 is 2.63 bits per heavy atom. The minimum absolute atomic E-state index is 0.697. The van der Waals surface area contributed by atoms with Crippen molar-refractivity contribution in [3.63, 3.8) is 0 Å². The molecule has 1 aromatic carbocycles. The molecule has 2 heterocycles. The smallest absolute Gasteiger partial charge is 0.226 e. The molecule has 0 radical (unpaired) electrons. The van der Waals surface area contributed by atoms with Gasteiger partial charge in [0, 0.05) is 11.8 Å². The maximum atomic E-state index is 5.89. The molecule has 96 valence electrons. The molecule has 3 rings (SSSR count). The highest BCUT2D eigenvalue weighted by atomic mass is 16.5. The van der Waals surface area contributed by atoms with Crippen LogP contribution in [0.4, 0.5) is 0 Å². The van der Waals surface area contributed by atoms with Crippen molar-refractivity contribution in [3.05, 3.63) is 54.7 Å². The number of ether oxygens (including phenoxy) is 1. The fourth-order valence-electron chi connectivity index (χ4n) is 2.09. The van der Waals surface area contributed by atoms with Crippen LogP contribution >= 0.6 is 0 Å². The predicted octanol–water partition coefficient (Wildman–Crippen LogP) is 3.79. The van der Waals surface area contributed by atoms with Crippen LogP contribution in [0.2, 0.25) is 0 Å². The number of hydrogen-bond donors (Lipinski definition) is 0. The van der Waals surface area contributed by atoms with Crippen molar-refractivity contribution in [2.75, 3.05) is 6.61 Å². The summed E-state index contributed by atoms with van der Waals surface area (Å²) < 4.78 is 7.89. The van der Waals surface area contributed by atoms with Gasteiger partial charge in [0.1, 0.15) is 11.3 Å². The highest BCUT2D eigenvalue weighted by molar-refractivity contribution is 5.69. The van der Waals surface area contributed by atoms with Crippen molar-refractivity contribution in [2.24, 2.45) is 0 Å². The molecule has 19 heavy (non-hydrogen) atoms. The van der Waals surface area contributed by atoms with Gasteiger partial charge in [-0.1, -0.05) is 43.3 Å². The van der Waals surface area contributed by atoms with Crippen LogP contribution in [0.25, 0.3) is 16.9 Å². The van der Waals surface area contributed by atoms with Gasteiger partial charge in [0.2, 0.25) is 5.88 Å². The topological polar surface area (TPSA) is 26.5 Å². The molecule has 2 aromatic heterocycles. The number of rotatable bonds is 4. The molecule has 0 spiro atoms. The Labute approximate surface area is 112 Å². The molecular weight excluding hydrogens is 236 g/mol. The summed E-state index contributed by atoms with van der Waals surface area (Å²) in [5, 5.41) is 0. The van der Waals surface area contributed by atoms with Gasteiger partial charge in [-0.15, -0.1) is 0 Å². The maximum absolute atomic E-state index is 5.89. The van der Waals surface area contributed by atoms with Gasteiger partial charge in [-0.25, -0.2) is 4.98 Å². The SMILES string of the molecule is CCCOc1c(-c2ccccc2)nc2ccccn12. The molecular formula is C16H16N2O.